The van der Waals surface area contributed by atoms with E-state index in [4.69, 9.17) is 0 Å². The highest BCUT2D eigenvalue weighted by Crippen LogP contribution is 2.20. The highest BCUT2D eigenvalue weighted by molar-refractivity contribution is 6.07. The first-order valence-corrected chi connectivity index (χ1v) is 10.0. The molecule has 0 aliphatic carbocycles. The van der Waals surface area contributed by atoms with Crippen LogP contribution in [0.25, 0.3) is 0 Å². The van der Waals surface area contributed by atoms with Gasteiger partial charge in [-0.05, 0) is 48.4 Å². The van der Waals surface area contributed by atoms with Gasteiger partial charge in [0.05, 0.1) is 0 Å². The lowest BCUT2D eigenvalue weighted by molar-refractivity contribution is -0.130. The molecule has 1 saturated heterocycles. The number of nitrogens with one attached hydrogen (secondary N) is 2. The molecular formula is C23H27N3O3. The summed E-state index contributed by atoms with van der Waals surface area (Å²) in [4.78, 5) is 38.0. The molecule has 0 saturated carbocycles. The van der Waals surface area contributed by atoms with Gasteiger partial charge in [-0.3, -0.25) is 14.5 Å². The number of hydrogen-bond donors (Lipinski definition) is 2. The van der Waals surface area contributed by atoms with Crippen molar-refractivity contribution in [3.05, 3.63) is 65.7 Å². The maximum absolute atomic E-state index is 12.5. The smallest absolute Gasteiger partial charge is 0.325 e. The lowest BCUT2D eigenvalue weighted by Gasteiger charge is -2.14. The van der Waals surface area contributed by atoms with Crippen LogP contribution < -0.4 is 10.6 Å². The molecule has 6 heteroatoms. The first-order chi connectivity index (χ1) is 14.0. The van der Waals surface area contributed by atoms with Gasteiger partial charge in [-0.1, -0.05) is 56.3 Å². The first-order valence-electron chi connectivity index (χ1n) is 10.0. The molecule has 0 bridgehead atoms. The number of amides is 4. The predicted molar refractivity (Wildman–Crippen MR) is 113 cm³/mol. The van der Waals surface area contributed by atoms with Gasteiger partial charge in [-0.2, -0.15) is 0 Å². The minimum absolute atomic E-state index is 0.292. The molecular weight excluding hydrogens is 366 g/mol. The monoisotopic (exact) mass is 393 g/mol. The molecule has 0 radical (unpaired) electrons. The molecule has 152 valence electrons. The number of hydrogen-bond acceptors (Lipinski definition) is 3. The third-order valence-corrected chi connectivity index (χ3v) is 5.35. The standard InChI is InChI=1S/C23H27N3O3/c1-3-16(2)18-10-12-19(13-11-18)24-21(27)15-26-22(28)20(25-23(26)29)14-9-17-7-5-4-6-8-17/h4-8,10-13,16,20H,3,9,14-15H2,1-2H3,(H,24,27)(H,25,29)/t16-,20-/m1/s1. The Morgan fingerprint density at radius 2 is 1.79 bits per heavy atom. The Morgan fingerprint density at radius 3 is 2.45 bits per heavy atom. The molecule has 0 spiro atoms. The Labute approximate surface area is 171 Å². The second-order valence-electron chi connectivity index (χ2n) is 7.43. The minimum Gasteiger partial charge on any atom is -0.326 e. The molecule has 1 aliphatic heterocycles. The third-order valence-electron chi connectivity index (χ3n) is 5.35. The zero-order chi connectivity index (χ0) is 20.8. The van der Waals surface area contributed by atoms with E-state index in [1.165, 1.54) is 5.56 Å². The van der Waals surface area contributed by atoms with Gasteiger partial charge >= 0.3 is 6.03 Å². The lowest BCUT2D eigenvalue weighted by Crippen LogP contribution is -2.38. The van der Waals surface area contributed by atoms with Gasteiger partial charge in [0.1, 0.15) is 12.6 Å². The first kappa shape index (κ1) is 20.6. The van der Waals surface area contributed by atoms with Crippen LogP contribution in [0.5, 0.6) is 0 Å². The normalized spacial score (nSPS) is 17.2. The average Bonchev–Trinajstić information content (AvgIpc) is 3.00. The summed E-state index contributed by atoms with van der Waals surface area (Å²) < 4.78 is 0. The van der Waals surface area contributed by atoms with Crippen molar-refractivity contribution in [1.29, 1.82) is 0 Å². The van der Waals surface area contributed by atoms with Crippen LogP contribution in [0.15, 0.2) is 54.6 Å². The van der Waals surface area contributed by atoms with Crippen LogP contribution in [0.3, 0.4) is 0 Å². The molecule has 3 rings (SSSR count). The van der Waals surface area contributed by atoms with E-state index in [0.29, 0.717) is 24.4 Å². The van der Waals surface area contributed by atoms with Crippen LogP contribution in [0.4, 0.5) is 10.5 Å². The largest absolute Gasteiger partial charge is 0.326 e. The van der Waals surface area contributed by atoms with E-state index in [2.05, 4.69) is 24.5 Å². The number of nitrogens with zero attached hydrogens (tertiary/aromatic N) is 1. The molecule has 0 unspecified atom stereocenters. The van der Waals surface area contributed by atoms with Gasteiger partial charge in [0.25, 0.3) is 5.91 Å². The van der Waals surface area contributed by atoms with E-state index in [9.17, 15) is 14.4 Å². The fourth-order valence-corrected chi connectivity index (χ4v) is 3.35. The molecule has 2 atom stereocenters. The SMILES string of the molecule is CC[C@@H](C)c1ccc(NC(=O)CN2C(=O)N[C@H](CCc3ccccc3)C2=O)cc1. The Hall–Kier alpha value is -3.15. The molecule has 2 aromatic carbocycles. The number of carbonyl (C=O) groups is 3. The summed E-state index contributed by atoms with van der Waals surface area (Å²) in [7, 11) is 0. The summed E-state index contributed by atoms with van der Waals surface area (Å²) in [5.74, 6) is -0.291. The van der Waals surface area contributed by atoms with Crippen LogP contribution in [0.1, 0.15) is 43.7 Å². The van der Waals surface area contributed by atoms with Crippen LogP contribution in [-0.2, 0) is 16.0 Å². The van der Waals surface area contributed by atoms with Crippen molar-refractivity contribution < 1.29 is 14.4 Å². The highest BCUT2D eigenvalue weighted by atomic mass is 16.2. The van der Waals surface area contributed by atoms with Crippen molar-refractivity contribution >= 4 is 23.5 Å². The number of urea groups is 1. The van der Waals surface area contributed by atoms with Crippen LogP contribution in [0.2, 0.25) is 0 Å². The average molecular weight is 393 g/mol. The third kappa shape index (κ3) is 5.22. The molecule has 6 nitrogen and oxygen atoms in total. The topological polar surface area (TPSA) is 78.5 Å². The fraction of sp³-hybridized carbons (Fsp3) is 0.348. The van der Waals surface area contributed by atoms with Gasteiger partial charge in [-0.25, -0.2) is 4.79 Å². The van der Waals surface area contributed by atoms with Crippen LogP contribution >= 0.6 is 0 Å². The van der Waals surface area contributed by atoms with Crippen molar-refractivity contribution in [2.45, 2.75) is 45.1 Å². The van der Waals surface area contributed by atoms with Crippen molar-refractivity contribution in [2.24, 2.45) is 0 Å². The molecule has 1 fully saturated rings. The summed E-state index contributed by atoms with van der Waals surface area (Å²) >= 11 is 0. The number of carbonyl (C=O) groups excluding carboxylic acids is 3. The number of anilines is 1. The summed E-state index contributed by atoms with van der Waals surface area (Å²) in [6, 6.07) is 16.3. The summed E-state index contributed by atoms with van der Waals surface area (Å²) in [6.07, 6.45) is 2.23. The summed E-state index contributed by atoms with van der Waals surface area (Å²) in [6.45, 7) is 3.99. The molecule has 1 heterocycles. The van der Waals surface area contributed by atoms with Gasteiger partial charge < -0.3 is 10.6 Å². The number of rotatable bonds is 8. The van der Waals surface area contributed by atoms with E-state index < -0.39 is 18.0 Å². The fourth-order valence-electron chi connectivity index (χ4n) is 3.35. The predicted octanol–water partition coefficient (Wildman–Crippen LogP) is 3.69. The van der Waals surface area contributed by atoms with E-state index in [-0.39, 0.29) is 12.5 Å². The number of benzene rings is 2. The zero-order valence-electron chi connectivity index (χ0n) is 16.9. The van der Waals surface area contributed by atoms with Crippen molar-refractivity contribution in [3.63, 3.8) is 0 Å². The summed E-state index contributed by atoms with van der Waals surface area (Å²) in [5.41, 5.74) is 2.96. The van der Waals surface area contributed by atoms with Gasteiger partial charge in [0.2, 0.25) is 5.91 Å². The van der Waals surface area contributed by atoms with Crippen LogP contribution in [0, 0.1) is 0 Å². The second-order valence-corrected chi connectivity index (χ2v) is 7.43. The van der Waals surface area contributed by atoms with Gasteiger partial charge in [0, 0.05) is 5.69 Å². The Morgan fingerprint density at radius 1 is 1.10 bits per heavy atom. The maximum Gasteiger partial charge on any atom is 0.325 e. The van der Waals surface area contributed by atoms with E-state index >= 15 is 0 Å². The highest BCUT2D eigenvalue weighted by Gasteiger charge is 2.38. The van der Waals surface area contributed by atoms with Crippen LogP contribution in [-0.4, -0.2) is 35.3 Å². The molecule has 29 heavy (non-hydrogen) atoms. The van der Waals surface area contributed by atoms with Crippen molar-refractivity contribution in [1.82, 2.24) is 10.2 Å². The molecule has 1 aliphatic rings. The Kier molecular flexibility index (Phi) is 6.65. The van der Waals surface area contributed by atoms with E-state index in [1.54, 1.807) is 0 Å². The molecule has 2 N–H and O–H groups in total. The quantitative estimate of drug-likeness (QED) is 0.672. The minimum atomic E-state index is -0.592. The Balaban J connectivity index is 1.53. The van der Waals surface area contributed by atoms with Crippen molar-refractivity contribution in [3.8, 4) is 0 Å². The van der Waals surface area contributed by atoms with E-state index in [0.717, 1.165) is 16.9 Å². The van der Waals surface area contributed by atoms with E-state index in [1.807, 2.05) is 54.6 Å². The maximum atomic E-state index is 12.5. The van der Waals surface area contributed by atoms with Gasteiger partial charge in [0.15, 0.2) is 0 Å². The molecule has 0 aromatic heterocycles. The number of imide groups is 1. The molecule has 2 aromatic rings. The second kappa shape index (κ2) is 9.37. The number of aryl methyl sites for hydroxylation is 1. The lowest BCUT2D eigenvalue weighted by atomic mass is 9.99. The summed E-state index contributed by atoms with van der Waals surface area (Å²) in [5, 5.41) is 5.43. The zero-order valence-corrected chi connectivity index (χ0v) is 16.9. The Bertz CT molecular complexity index is 865. The van der Waals surface area contributed by atoms with Crippen molar-refractivity contribution in [2.75, 3.05) is 11.9 Å². The van der Waals surface area contributed by atoms with Gasteiger partial charge in [-0.15, -0.1) is 0 Å². The molecule has 4 amide bonds.